The van der Waals surface area contributed by atoms with Gasteiger partial charge in [-0.25, -0.2) is 9.18 Å². The Morgan fingerprint density at radius 1 is 1.82 bits per heavy atom. The van der Waals surface area contributed by atoms with Crippen molar-refractivity contribution in [1.82, 2.24) is 0 Å². The molecule has 3 nitrogen and oxygen atoms in total. The highest BCUT2D eigenvalue weighted by Gasteiger charge is 2.44. The molecule has 1 fully saturated rings. The van der Waals surface area contributed by atoms with Gasteiger partial charge in [0.05, 0.1) is 19.8 Å². The van der Waals surface area contributed by atoms with Crippen LogP contribution in [-0.2, 0) is 14.3 Å². The number of carbonyl (C=O) groups excluding carboxylic acids is 1. The summed E-state index contributed by atoms with van der Waals surface area (Å²) in [5.41, 5.74) is -1.88. The van der Waals surface area contributed by atoms with E-state index in [0.717, 1.165) is 0 Å². The van der Waals surface area contributed by atoms with Crippen LogP contribution in [0.15, 0.2) is 0 Å². The van der Waals surface area contributed by atoms with Gasteiger partial charge in [-0.15, -0.1) is 0 Å². The summed E-state index contributed by atoms with van der Waals surface area (Å²) in [4.78, 5) is 10.9. The van der Waals surface area contributed by atoms with Crippen LogP contribution in [0.5, 0.6) is 0 Å². The van der Waals surface area contributed by atoms with E-state index in [9.17, 15) is 9.18 Å². The van der Waals surface area contributed by atoms with Crippen molar-refractivity contribution in [1.29, 1.82) is 0 Å². The van der Waals surface area contributed by atoms with Gasteiger partial charge in [0.15, 0.2) is 0 Å². The van der Waals surface area contributed by atoms with Crippen LogP contribution in [0.4, 0.5) is 4.39 Å². The van der Waals surface area contributed by atoms with Gasteiger partial charge < -0.3 is 9.47 Å². The molecular weight excluding hydrogens is 151 g/mol. The van der Waals surface area contributed by atoms with E-state index in [0.29, 0.717) is 6.61 Å². The van der Waals surface area contributed by atoms with Crippen molar-refractivity contribution in [3.63, 3.8) is 0 Å². The Morgan fingerprint density at radius 3 is 3.00 bits per heavy atom. The fourth-order valence-electron chi connectivity index (χ4n) is 0.961. The van der Waals surface area contributed by atoms with Crippen LogP contribution >= 0.6 is 0 Å². The lowest BCUT2D eigenvalue weighted by Crippen LogP contribution is -2.35. The lowest BCUT2D eigenvalue weighted by Gasteiger charge is -2.14. The molecule has 1 rings (SSSR count). The SMILES string of the molecule is CCOC(=O)C1(F)CCOC1. The summed E-state index contributed by atoms with van der Waals surface area (Å²) in [6.45, 7) is 2.00. The maximum Gasteiger partial charge on any atom is 0.346 e. The van der Waals surface area contributed by atoms with Crippen molar-refractivity contribution in [2.75, 3.05) is 19.8 Å². The van der Waals surface area contributed by atoms with Gasteiger partial charge in [-0.3, -0.25) is 0 Å². The van der Waals surface area contributed by atoms with Crippen LogP contribution in [0.3, 0.4) is 0 Å². The first kappa shape index (κ1) is 8.46. The highest BCUT2D eigenvalue weighted by Crippen LogP contribution is 2.24. The number of hydrogen-bond acceptors (Lipinski definition) is 3. The first-order valence-corrected chi connectivity index (χ1v) is 3.63. The van der Waals surface area contributed by atoms with Gasteiger partial charge in [0, 0.05) is 6.42 Å². The molecular formula is C7H11FO3. The summed E-state index contributed by atoms with van der Waals surface area (Å²) in [6, 6.07) is 0. The van der Waals surface area contributed by atoms with Crippen LogP contribution in [0.2, 0.25) is 0 Å². The number of carbonyl (C=O) groups is 1. The molecule has 0 aromatic carbocycles. The normalized spacial score (nSPS) is 30.4. The number of rotatable bonds is 2. The van der Waals surface area contributed by atoms with Crippen molar-refractivity contribution in [3.8, 4) is 0 Å². The minimum Gasteiger partial charge on any atom is -0.464 e. The van der Waals surface area contributed by atoms with E-state index in [-0.39, 0.29) is 19.6 Å². The maximum atomic E-state index is 13.3. The monoisotopic (exact) mass is 162 g/mol. The summed E-state index contributed by atoms with van der Waals surface area (Å²) in [5.74, 6) is -0.794. The van der Waals surface area contributed by atoms with Crippen molar-refractivity contribution in [2.45, 2.75) is 19.0 Å². The zero-order chi connectivity index (χ0) is 8.32. The van der Waals surface area contributed by atoms with Gasteiger partial charge in [0.25, 0.3) is 0 Å². The summed E-state index contributed by atoms with van der Waals surface area (Å²) >= 11 is 0. The number of alkyl halides is 1. The summed E-state index contributed by atoms with van der Waals surface area (Å²) in [5, 5.41) is 0. The second-order valence-corrected chi connectivity index (χ2v) is 2.49. The van der Waals surface area contributed by atoms with Crippen molar-refractivity contribution in [2.24, 2.45) is 0 Å². The zero-order valence-electron chi connectivity index (χ0n) is 6.43. The maximum absolute atomic E-state index is 13.3. The van der Waals surface area contributed by atoms with Gasteiger partial charge in [-0.05, 0) is 6.92 Å². The highest BCUT2D eigenvalue weighted by molar-refractivity contribution is 5.79. The minimum atomic E-state index is -1.88. The van der Waals surface area contributed by atoms with E-state index in [2.05, 4.69) is 4.74 Å². The van der Waals surface area contributed by atoms with Crippen molar-refractivity contribution < 1.29 is 18.7 Å². The number of esters is 1. The van der Waals surface area contributed by atoms with E-state index >= 15 is 0 Å². The van der Waals surface area contributed by atoms with Crippen molar-refractivity contribution in [3.05, 3.63) is 0 Å². The Kier molecular flexibility index (Phi) is 2.44. The molecule has 1 saturated heterocycles. The third-order valence-electron chi connectivity index (χ3n) is 1.61. The molecule has 64 valence electrons. The minimum absolute atomic E-state index is 0.117. The standard InChI is InChI=1S/C7H11FO3/c1-2-11-6(9)7(8)3-4-10-5-7/h2-5H2,1H3. The molecule has 0 aromatic heterocycles. The van der Waals surface area contributed by atoms with Crippen molar-refractivity contribution >= 4 is 5.97 Å². The molecule has 0 bridgehead atoms. The third kappa shape index (κ3) is 1.68. The van der Waals surface area contributed by atoms with E-state index in [1.165, 1.54) is 0 Å². The van der Waals surface area contributed by atoms with Gasteiger partial charge >= 0.3 is 5.97 Å². The summed E-state index contributed by atoms with van der Waals surface area (Å²) in [6.07, 6.45) is 0.117. The molecule has 1 aliphatic rings. The Balaban J connectivity index is 2.49. The molecule has 0 amide bonds. The molecule has 0 aliphatic carbocycles. The second kappa shape index (κ2) is 3.17. The summed E-state index contributed by atoms with van der Waals surface area (Å²) < 4.78 is 22.6. The zero-order valence-corrected chi connectivity index (χ0v) is 6.43. The largest absolute Gasteiger partial charge is 0.464 e. The fraction of sp³-hybridized carbons (Fsp3) is 0.857. The number of halogens is 1. The van der Waals surface area contributed by atoms with E-state index in [1.807, 2.05) is 0 Å². The average molecular weight is 162 g/mol. The van der Waals surface area contributed by atoms with Crippen LogP contribution in [0.1, 0.15) is 13.3 Å². The van der Waals surface area contributed by atoms with Crippen LogP contribution in [0, 0.1) is 0 Å². The Bertz CT molecular complexity index is 152. The number of hydrogen-bond donors (Lipinski definition) is 0. The highest BCUT2D eigenvalue weighted by atomic mass is 19.1. The predicted molar refractivity (Wildman–Crippen MR) is 35.9 cm³/mol. The Labute approximate surface area is 64.5 Å². The first-order valence-electron chi connectivity index (χ1n) is 3.63. The van der Waals surface area contributed by atoms with Gasteiger partial charge in [-0.2, -0.15) is 0 Å². The van der Waals surface area contributed by atoms with Gasteiger partial charge in [0.1, 0.15) is 0 Å². The first-order chi connectivity index (χ1) is 5.19. The van der Waals surface area contributed by atoms with Gasteiger partial charge in [-0.1, -0.05) is 0 Å². The molecule has 1 aliphatic heterocycles. The Hall–Kier alpha value is -0.640. The molecule has 11 heavy (non-hydrogen) atoms. The molecule has 4 heteroatoms. The average Bonchev–Trinajstić information content (AvgIpc) is 2.38. The van der Waals surface area contributed by atoms with E-state index < -0.39 is 11.6 Å². The second-order valence-electron chi connectivity index (χ2n) is 2.49. The molecule has 0 spiro atoms. The van der Waals surface area contributed by atoms with Crippen LogP contribution in [-0.4, -0.2) is 31.5 Å². The molecule has 1 atom stereocenters. The van der Waals surface area contributed by atoms with Gasteiger partial charge in [0.2, 0.25) is 5.67 Å². The predicted octanol–water partition coefficient (Wildman–Crippen LogP) is 0.678. The molecule has 0 N–H and O–H groups in total. The smallest absolute Gasteiger partial charge is 0.346 e. The van der Waals surface area contributed by atoms with Crippen LogP contribution in [0.25, 0.3) is 0 Å². The third-order valence-corrected chi connectivity index (χ3v) is 1.61. The topological polar surface area (TPSA) is 35.5 Å². The van der Waals surface area contributed by atoms with E-state index in [4.69, 9.17) is 4.74 Å². The molecule has 0 saturated carbocycles. The van der Waals surface area contributed by atoms with Crippen LogP contribution < -0.4 is 0 Å². The fourth-order valence-corrected chi connectivity index (χ4v) is 0.961. The quantitative estimate of drug-likeness (QED) is 0.560. The summed E-state index contributed by atoms with van der Waals surface area (Å²) in [7, 11) is 0. The molecule has 1 unspecified atom stereocenters. The molecule has 0 radical (unpaired) electrons. The molecule has 0 aromatic rings. The lowest BCUT2D eigenvalue weighted by atomic mass is 10.1. The lowest BCUT2D eigenvalue weighted by molar-refractivity contribution is -0.157. The molecule has 1 heterocycles. The van der Waals surface area contributed by atoms with E-state index in [1.54, 1.807) is 6.92 Å². The Morgan fingerprint density at radius 2 is 2.55 bits per heavy atom. The number of ether oxygens (including phenoxy) is 2.